The van der Waals surface area contributed by atoms with Gasteiger partial charge in [0.25, 0.3) is 25.9 Å². The highest BCUT2D eigenvalue weighted by Gasteiger charge is 2.44. The van der Waals surface area contributed by atoms with E-state index in [-0.39, 0.29) is 16.8 Å². The highest BCUT2D eigenvalue weighted by molar-refractivity contribution is 7.86. The Morgan fingerprint density at radius 3 is 2.32 bits per heavy atom. The van der Waals surface area contributed by atoms with E-state index in [1.165, 1.54) is 20.0 Å². The number of rotatable bonds is 6. The molecule has 0 aliphatic carbocycles. The molecule has 22 heavy (non-hydrogen) atoms. The molecule has 2 N–H and O–H groups in total. The average Bonchev–Trinajstić information content (AvgIpc) is 2.28. The van der Waals surface area contributed by atoms with Gasteiger partial charge < -0.3 is 5.32 Å². The lowest BCUT2D eigenvalue weighted by Gasteiger charge is -2.35. The summed E-state index contributed by atoms with van der Waals surface area (Å²) in [5, 5.41) is 13.7. The van der Waals surface area contributed by atoms with Gasteiger partial charge in [-0.1, -0.05) is 0 Å². The molecule has 1 aliphatic heterocycles. The van der Waals surface area contributed by atoms with E-state index >= 15 is 0 Å². The second-order valence-electron chi connectivity index (χ2n) is 4.98. The van der Waals surface area contributed by atoms with Crippen molar-refractivity contribution in [3.8, 4) is 0 Å². The Kier molecular flexibility index (Phi) is 5.01. The molecule has 10 nitrogen and oxygen atoms in total. The summed E-state index contributed by atoms with van der Waals surface area (Å²) in [4.78, 5) is 10.4. The van der Waals surface area contributed by atoms with Crippen LogP contribution in [0, 0.1) is 10.1 Å². The Labute approximate surface area is 127 Å². The minimum atomic E-state index is -4.57. The van der Waals surface area contributed by atoms with Crippen LogP contribution in [0.4, 0.5) is 0 Å². The van der Waals surface area contributed by atoms with Gasteiger partial charge in [-0.05, 0) is 13.8 Å². The highest BCUT2D eigenvalue weighted by atomic mass is 32.2. The lowest BCUT2D eigenvalue weighted by Crippen LogP contribution is -2.55. The molecule has 0 bridgehead atoms. The zero-order valence-electron chi connectivity index (χ0n) is 12.1. The molecule has 0 radical (unpaired) electrons. The summed E-state index contributed by atoms with van der Waals surface area (Å²) in [7, 11) is -8.49. The predicted octanol–water partition coefficient (Wildman–Crippen LogP) is -0.353. The number of nitrogens with one attached hydrogen (secondary N) is 1. The third kappa shape index (κ3) is 4.50. The highest BCUT2D eigenvalue weighted by Crippen LogP contribution is 2.31. The maximum atomic E-state index is 11.2. The van der Waals surface area contributed by atoms with E-state index in [0.717, 1.165) is 6.26 Å². The maximum Gasteiger partial charge on any atom is 0.275 e. The van der Waals surface area contributed by atoms with Crippen molar-refractivity contribution in [3.05, 3.63) is 33.2 Å². The van der Waals surface area contributed by atoms with E-state index in [0.29, 0.717) is 0 Å². The van der Waals surface area contributed by atoms with E-state index in [1.54, 1.807) is 0 Å². The van der Waals surface area contributed by atoms with Gasteiger partial charge in [-0.15, -0.1) is 0 Å². The molecule has 1 rings (SSSR count). The van der Waals surface area contributed by atoms with Crippen molar-refractivity contribution < 1.29 is 30.5 Å². The largest absolute Gasteiger partial charge is 0.378 e. The average molecular weight is 356 g/mol. The number of nitrogens with zero attached hydrogens (tertiary/aromatic N) is 1. The van der Waals surface area contributed by atoms with Gasteiger partial charge in [0.15, 0.2) is 0 Å². The molecule has 0 fully saturated rings. The van der Waals surface area contributed by atoms with E-state index in [4.69, 9.17) is 4.55 Å². The van der Waals surface area contributed by atoms with E-state index in [2.05, 4.69) is 9.50 Å². The molecule has 0 saturated heterocycles. The van der Waals surface area contributed by atoms with Crippen LogP contribution in [0.15, 0.2) is 23.0 Å². The molecule has 1 aliphatic rings. The van der Waals surface area contributed by atoms with Gasteiger partial charge in [-0.3, -0.25) is 18.9 Å². The Hall–Kier alpha value is -1.50. The number of dihydropyridines is 1. The second kappa shape index (κ2) is 5.95. The normalized spacial score (nSPS) is 23.0. The van der Waals surface area contributed by atoms with Crippen molar-refractivity contribution in [1.82, 2.24) is 5.32 Å². The Morgan fingerprint density at radius 1 is 1.36 bits per heavy atom. The molecule has 0 saturated carbocycles. The summed E-state index contributed by atoms with van der Waals surface area (Å²) in [5.41, 5.74) is -1.95. The first-order valence-electron chi connectivity index (χ1n) is 5.87. The van der Waals surface area contributed by atoms with Crippen LogP contribution in [-0.4, -0.2) is 50.5 Å². The number of allylic oxidation sites excluding steroid dienone is 1. The minimum Gasteiger partial charge on any atom is -0.378 e. The van der Waals surface area contributed by atoms with Crippen molar-refractivity contribution in [2.45, 2.75) is 19.4 Å². The minimum absolute atomic E-state index is 0.0567. The van der Waals surface area contributed by atoms with Gasteiger partial charge in [-0.25, -0.2) is 0 Å². The topological polar surface area (TPSA) is 153 Å². The third-order valence-corrected chi connectivity index (χ3v) is 4.55. The molecule has 0 aromatic heterocycles. The fourth-order valence-corrected chi connectivity index (χ4v) is 3.51. The number of hydrogen-bond acceptors (Lipinski definition) is 8. The number of hydrogen-bond donors (Lipinski definition) is 2. The maximum absolute atomic E-state index is 11.2. The molecule has 0 spiro atoms. The van der Waals surface area contributed by atoms with Gasteiger partial charge in [0.1, 0.15) is 11.3 Å². The lowest BCUT2D eigenvalue weighted by atomic mass is 9.88. The molecule has 0 aromatic carbocycles. The second-order valence-corrected chi connectivity index (χ2v) is 8.07. The van der Waals surface area contributed by atoms with Crippen molar-refractivity contribution in [2.75, 3.05) is 18.6 Å². The van der Waals surface area contributed by atoms with Gasteiger partial charge in [-0.2, -0.15) is 16.8 Å². The van der Waals surface area contributed by atoms with Gasteiger partial charge in [0.05, 0.1) is 17.8 Å². The summed E-state index contributed by atoms with van der Waals surface area (Å²) >= 11 is 0. The summed E-state index contributed by atoms with van der Waals surface area (Å²) in [6, 6.07) is 0. The van der Waals surface area contributed by atoms with Gasteiger partial charge in [0.2, 0.25) is 0 Å². The van der Waals surface area contributed by atoms with Crippen LogP contribution in [0.25, 0.3) is 0 Å². The summed E-state index contributed by atoms with van der Waals surface area (Å²) in [5.74, 6) is -0.984. The summed E-state index contributed by atoms with van der Waals surface area (Å²) < 4.78 is 58.4. The van der Waals surface area contributed by atoms with E-state index in [9.17, 15) is 26.9 Å². The first-order chi connectivity index (χ1) is 9.77. The zero-order chi connectivity index (χ0) is 17.3. The van der Waals surface area contributed by atoms with Crippen molar-refractivity contribution in [2.24, 2.45) is 0 Å². The fourth-order valence-electron chi connectivity index (χ4n) is 2.09. The number of nitro groups is 1. The smallest absolute Gasteiger partial charge is 0.275 e. The van der Waals surface area contributed by atoms with E-state index < -0.39 is 43.1 Å². The standard InChI is InChI=1S/C10H16N2O8S2/c1-7-4-11-10(6-22(17,18)19,5-20-21(3,15)16)8(2)9(7)12(13)14/h4,11H,5-6H2,1-3H3,(H,17,18,19). The molecule has 1 unspecified atom stereocenters. The summed E-state index contributed by atoms with van der Waals surface area (Å²) in [6.45, 7) is 1.99. The van der Waals surface area contributed by atoms with Gasteiger partial charge >= 0.3 is 0 Å². The van der Waals surface area contributed by atoms with Crippen LogP contribution < -0.4 is 5.32 Å². The first kappa shape index (κ1) is 18.5. The monoisotopic (exact) mass is 356 g/mol. The van der Waals surface area contributed by atoms with E-state index in [1.807, 2.05) is 0 Å². The fraction of sp³-hybridized carbons (Fsp3) is 0.600. The van der Waals surface area contributed by atoms with Crippen molar-refractivity contribution in [1.29, 1.82) is 0 Å². The molecular formula is C10H16N2O8S2. The van der Waals surface area contributed by atoms with Crippen LogP contribution in [0.1, 0.15) is 13.8 Å². The van der Waals surface area contributed by atoms with Crippen LogP contribution in [0.3, 0.4) is 0 Å². The summed E-state index contributed by atoms with van der Waals surface area (Å²) in [6.07, 6.45) is 1.94. The Morgan fingerprint density at radius 2 is 1.91 bits per heavy atom. The Bertz CT molecular complexity index is 750. The molecule has 0 amide bonds. The molecule has 0 aromatic rings. The van der Waals surface area contributed by atoms with Crippen molar-refractivity contribution >= 4 is 20.2 Å². The van der Waals surface area contributed by atoms with Crippen LogP contribution in [0.2, 0.25) is 0 Å². The molecule has 1 atom stereocenters. The van der Waals surface area contributed by atoms with Crippen LogP contribution in [-0.2, 0) is 24.4 Å². The first-order valence-corrected chi connectivity index (χ1v) is 9.30. The third-order valence-electron chi connectivity index (χ3n) is 3.14. The van der Waals surface area contributed by atoms with Crippen LogP contribution in [0.5, 0.6) is 0 Å². The van der Waals surface area contributed by atoms with Gasteiger partial charge in [0, 0.05) is 17.3 Å². The lowest BCUT2D eigenvalue weighted by molar-refractivity contribution is -0.422. The molecule has 1 heterocycles. The molecular weight excluding hydrogens is 340 g/mol. The van der Waals surface area contributed by atoms with Crippen molar-refractivity contribution in [3.63, 3.8) is 0 Å². The van der Waals surface area contributed by atoms with Crippen LogP contribution >= 0.6 is 0 Å². The predicted molar refractivity (Wildman–Crippen MR) is 76.5 cm³/mol. The zero-order valence-corrected chi connectivity index (χ0v) is 13.7. The molecule has 12 heteroatoms. The SMILES string of the molecule is CC1=CNC(COS(C)(=O)=O)(CS(=O)(=O)O)C(C)=C1[N+](=O)[O-]. The quantitative estimate of drug-likeness (QED) is 0.281. The molecule has 126 valence electrons. The Balaban J connectivity index is 3.42.